The normalized spacial score (nSPS) is 11.3. The van der Waals surface area contributed by atoms with Crippen LogP contribution in [0.5, 0.6) is 0 Å². The number of aromatic nitrogens is 2. The van der Waals surface area contributed by atoms with Gasteiger partial charge in [-0.1, -0.05) is 12.1 Å². The molecule has 6 nitrogen and oxygen atoms in total. The molecule has 0 saturated heterocycles. The summed E-state index contributed by atoms with van der Waals surface area (Å²) in [5, 5.41) is 8.89. The van der Waals surface area contributed by atoms with Crippen LogP contribution in [0.3, 0.4) is 0 Å². The van der Waals surface area contributed by atoms with Crippen molar-refractivity contribution in [2.75, 3.05) is 7.11 Å². The van der Waals surface area contributed by atoms with E-state index in [1.807, 2.05) is 19.9 Å². The molecular weight excluding hydrogens is 332 g/mol. The van der Waals surface area contributed by atoms with Gasteiger partial charge in [0.2, 0.25) is 0 Å². The molecule has 0 unspecified atom stereocenters. The van der Waals surface area contributed by atoms with Crippen molar-refractivity contribution in [2.45, 2.75) is 40.7 Å². The van der Waals surface area contributed by atoms with Gasteiger partial charge in [0.15, 0.2) is 0 Å². The number of rotatable bonds is 6. The highest BCUT2D eigenvalue weighted by Gasteiger charge is 2.12. The van der Waals surface area contributed by atoms with E-state index in [9.17, 15) is 9.59 Å². The monoisotopic (exact) mass is 356 g/mol. The van der Waals surface area contributed by atoms with Gasteiger partial charge in [0.25, 0.3) is 5.56 Å². The average Bonchev–Trinajstić information content (AvgIpc) is 2.54. The number of carboxylic acids is 1. The minimum absolute atomic E-state index is 0.180. The summed E-state index contributed by atoms with van der Waals surface area (Å²) in [6.07, 6.45) is 3.31. The van der Waals surface area contributed by atoms with E-state index in [1.165, 1.54) is 5.56 Å². The van der Waals surface area contributed by atoms with Crippen molar-refractivity contribution in [3.63, 3.8) is 0 Å². The number of nitrogens with one attached hydrogen (secondary N) is 1. The number of methoxy groups -OCH3 is 1. The molecule has 0 aliphatic carbocycles. The summed E-state index contributed by atoms with van der Waals surface area (Å²) in [6.45, 7) is 8.32. The maximum atomic E-state index is 12.1. The summed E-state index contributed by atoms with van der Waals surface area (Å²) in [5.41, 5.74) is 5.81. The Bertz CT molecular complexity index is 926. The van der Waals surface area contributed by atoms with Gasteiger partial charge in [-0.15, -0.1) is 0 Å². The molecule has 0 saturated carbocycles. The fraction of sp³-hybridized carbons (Fsp3) is 0.350. The second kappa shape index (κ2) is 8.10. The average molecular weight is 356 g/mol. The molecule has 6 heteroatoms. The zero-order chi connectivity index (χ0) is 19.4. The van der Waals surface area contributed by atoms with Crippen LogP contribution in [0.2, 0.25) is 0 Å². The van der Waals surface area contributed by atoms with E-state index in [-0.39, 0.29) is 12.0 Å². The quantitative estimate of drug-likeness (QED) is 0.830. The minimum atomic E-state index is -1.06. The van der Waals surface area contributed by atoms with Crippen molar-refractivity contribution in [2.24, 2.45) is 0 Å². The van der Waals surface area contributed by atoms with E-state index in [0.29, 0.717) is 18.1 Å². The van der Waals surface area contributed by atoms with Crippen LogP contribution in [-0.4, -0.2) is 28.2 Å². The van der Waals surface area contributed by atoms with Gasteiger partial charge in [-0.05, 0) is 61.6 Å². The smallest absolute Gasteiger partial charge is 0.308 e. The Balaban J connectivity index is 2.43. The lowest BCUT2D eigenvalue weighted by molar-refractivity contribution is -0.136. The fourth-order valence-electron chi connectivity index (χ4n) is 3.10. The van der Waals surface area contributed by atoms with E-state index in [0.717, 1.165) is 22.3 Å². The number of carbonyl (C=O) groups is 1. The zero-order valence-electron chi connectivity index (χ0n) is 15.8. The number of carboxylic acid groups (broad SMARTS) is 1. The van der Waals surface area contributed by atoms with Crippen molar-refractivity contribution in [1.29, 1.82) is 0 Å². The Hall–Kier alpha value is -2.73. The lowest BCUT2D eigenvalue weighted by Crippen LogP contribution is -2.20. The minimum Gasteiger partial charge on any atom is -0.481 e. The standard InChI is InChI=1S/C20H24N2O4/c1-11-8-12(2)17(10-26-5)13(3)15(11)6-7-18-21-14(4)16(9-19(23)24)20(25)22-18/h6-8H,9-10H2,1-5H3,(H,23,24)(H,21,22,25)/b7-6+. The van der Waals surface area contributed by atoms with E-state index >= 15 is 0 Å². The molecule has 1 heterocycles. The van der Waals surface area contributed by atoms with Crippen LogP contribution in [0.15, 0.2) is 10.9 Å². The van der Waals surface area contributed by atoms with Crippen LogP contribution in [0.4, 0.5) is 0 Å². The van der Waals surface area contributed by atoms with Crippen LogP contribution in [0.25, 0.3) is 12.2 Å². The van der Waals surface area contributed by atoms with Gasteiger partial charge in [-0.2, -0.15) is 0 Å². The van der Waals surface area contributed by atoms with Crippen molar-refractivity contribution < 1.29 is 14.6 Å². The molecular formula is C20H24N2O4. The lowest BCUT2D eigenvalue weighted by atomic mass is 9.93. The van der Waals surface area contributed by atoms with Crippen LogP contribution in [-0.2, 0) is 22.6 Å². The predicted octanol–water partition coefficient (Wildman–Crippen LogP) is 2.95. The molecule has 0 aliphatic rings. The first-order valence-corrected chi connectivity index (χ1v) is 8.32. The van der Waals surface area contributed by atoms with E-state index < -0.39 is 11.5 Å². The van der Waals surface area contributed by atoms with Gasteiger partial charge in [0.1, 0.15) is 5.82 Å². The molecule has 138 valence electrons. The topological polar surface area (TPSA) is 92.3 Å². The first kappa shape index (κ1) is 19.6. The second-order valence-electron chi connectivity index (χ2n) is 6.38. The number of H-pyrrole nitrogens is 1. The third kappa shape index (κ3) is 4.26. The molecule has 0 fully saturated rings. The van der Waals surface area contributed by atoms with Crippen molar-refractivity contribution in [3.8, 4) is 0 Å². The number of benzene rings is 1. The third-order valence-corrected chi connectivity index (χ3v) is 4.46. The van der Waals surface area contributed by atoms with Gasteiger partial charge < -0.3 is 14.8 Å². The van der Waals surface area contributed by atoms with Crippen molar-refractivity contribution >= 4 is 18.1 Å². The molecule has 2 rings (SSSR count). The molecule has 0 atom stereocenters. The summed E-state index contributed by atoms with van der Waals surface area (Å²) in [5.74, 6) is -0.658. The Labute approximate surface area is 152 Å². The van der Waals surface area contributed by atoms with Crippen molar-refractivity contribution in [3.05, 3.63) is 61.3 Å². The predicted molar refractivity (Wildman–Crippen MR) is 101 cm³/mol. The van der Waals surface area contributed by atoms with Gasteiger partial charge in [0, 0.05) is 18.4 Å². The maximum Gasteiger partial charge on any atom is 0.308 e. The number of aryl methyl sites for hydroxylation is 3. The summed E-state index contributed by atoms with van der Waals surface area (Å²) < 4.78 is 5.29. The lowest BCUT2D eigenvalue weighted by Gasteiger charge is -2.14. The third-order valence-electron chi connectivity index (χ3n) is 4.46. The number of ether oxygens (including phenoxy) is 1. The Kier molecular flexibility index (Phi) is 6.10. The Morgan fingerprint density at radius 1 is 1.19 bits per heavy atom. The maximum absolute atomic E-state index is 12.1. The molecule has 0 radical (unpaired) electrons. The summed E-state index contributed by atoms with van der Waals surface area (Å²) in [4.78, 5) is 29.9. The molecule has 1 aromatic heterocycles. The van der Waals surface area contributed by atoms with Crippen LogP contribution in [0.1, 0.15) is 44.9 Å². The molecule has 2 N–H and O–H groups in total. The second-order valence-corrected chi connectivity index (χ2v) is 6.38. The Morgan fingerprint density at radius 2 is 1.88 bits per heavy atom. The molecule has 0 spiro atoms. The van der Waals surface area contributed by atoms with Crippen molar-refractivity contribution in [1.82, 2.24) is 9.97 Å². The first-order valence-electron chi connectivity index (χ1n) is 8.32. The van der Waals surface area contributed by atoms with Gasteiger partial charge in [-0.25, -0.2) is 4.98 Å². The highest BCUT2D eigenvalue weighted by molar-refractivity contribution is 5.72. The molecule has 0 bridgehead atoms. The molecule has 26 heavy (non-hydrogen) atoms. The zero-order valence-corrected chi connectivity index (χ0v) is 15.8. The summed E-state index contributed by atoms with van der Waals surface area (Å²) in [6, 6.07) is 2.11. The van der Waals surface area contributed by atoms with Gasteiger partial charge in [0.05, 0.1) is 13.0 Å². The van der Waals surface area contributed by atoms with Crippen LogP contribution < -0.4 is 5.56 Å². The SMILES string of the molecule is COCc1c(C)cc(C)c(/C=C/c2nc(C)c(CC(=O)O)c(=O)[nH]2)c1C. The van der Waals surface area contributed by atoms with E-state index in [2.05, 4.69) is 23.0 Å². The molecule has 1 aromatic carbocycles. The van der Waals surface area contributed by atoms with Gasteiger partial charge >= 0.3 is 5.97 Å². The molecule has 0 aliphatic heterocycles. The number of hydrogen-bond donors (Lipinski definition) is 2. The fourth-order valence-corrected chi connectivity index (χ4v) is 3.10. The van der Waals surface area contributed by atoms with E-state index in [4.69, 9.17) is 9.84 Å². The number of hydrogen-bond acceptors (Lipinski definition) is 4. The van der Waals surface area contributed by atoms with E-state index in [1.54, 1.807) is 20.1 Å². The number of aliphatic carboxylic acids is 1. The molecule has 0 amide bonds. The Morgan fingerprint density at radius 3 is 2.46 bits per heavy atom. The molecule has 2 aromatic rings. The largest absolute Gasteiger partial charge is 0.481 e. The number of aromatic amines is 1. The number of nitrogens with zero attached hydrogens (tertiary/aromatic N) is 1. The van der Waals surface area contributed by atoms with Gasteiger partial charge in [-0.3, -0.25) is 9.59 Å². The summed E-state index contributed by atoms with van der Waals surface area (Å²) >= 11 is 0. The highest BCUT2D eigenvalue weighted by Crippen LogP contribution is 2.24. The van der Waals surface area contributed by atoms with Crippen LogP contribution in [0, 0.1) is 27.7 Å². The highest BCUT2D eigenvalue weighted by atomic mass is 16.5. The summed E-state index contributed by atoms with van der Waals surface area (Å²) in [7, 11) is 1.67. The van der Waals surface area contributed by atoms with Crippen LogP contribution >= 0.6 is 0 Å². The first-order chi connectivity index (χ1) is 12.2.